The highest BCUT2D eigenvalue weighted by molar-refractivity contribution is 7.22. The molecule has 3 aromatic carbocycles. The van der Waals surface area contributed by atoms with Gasteiger partial charge in [-0.15, -0.1) is 11.3 Å². The van der Waals surface area contributed by atoms with Crippen LogP contribution in [-0.4, -0.2) is 99.3 Å². The molecule has 0 radical (unpaired) electrons. The molecule has 0 amide bonds. The Bertz CT molecular complexity index is 1730. The summed E-state index contributed by atoms with van der Waals surface area (Å²) in [4.78, 5) is 56.3. The second-order valence-corrected chi connectivity index (χ2v) is 12.9. The van der Waals surface area contributed by atoms with Crippen LogP contribution in [0.15, 0.2) is 72.8 Å². The predicted octanol–water partition coefficient (Wildman–Crippen LogP) is 5.57. The summed E-state index contributed by atoms with van der Waals surface area (Å²) in [6.45, 7) is 6.41. The Balaban J connectivity index is 0.000000404. The lowest BCUT2D eigenvalue weighted by atomic mass is 9.97. The van der Waals surface area contributed by atoms with E-state index in [1.807, 2.05) is 36.4 Å². The van der Waals surface area contributed by atoms with E-state index < -0.39 is 23.9 Å². The highest BCUT2D eigenvalue weighted by Gasteiger charge is 2.22. The molecule has 0 spiro atoms. The summed E-state index contributed by atoms with van der Waals surface area (Å²) >= 11 is 1.71. The first-order valence-electron chi connectivity index (χ1n) is 16.3. The van der Waals surface area contributed by atoms with Gasteiger partial charge in [0.05, 0.1) is 0 Å². The summed E-state index contributed by atoms with van der Waals surface area (Å²) in [5, 5.41) is 30.6. The van der Waals surface area contributed by atoms with Gasteiger partial charge >= 0.3 is 23.9 Å². The maximum absolute atomic E-state index is 13.9. The van der Waals surface area contributed by atoms with Gasteiger partial charge in [0.15, 0.2) is 5.78 Å². The molecule has 2 aliphatic heterocycles. The zero-order valence-corrected chi connectivity index (χ0v) is 28.3. The van der Waals surface area contributed by atoms with Gasteiger partial charge in [0.1, 0.15) is 12.5 Å². The van der Waals surface area contributed by atoms with Crippen LogP contribution in [0.4, 0.5) is 0 Å². The number of thiophene rings is 1. The molecule has 2 saturated heterocycles. The summed E-state index contributed by atoms with van der Waals surface area (Å²) in [5.41, 5.74) is 3.97. The van der Waals surface area contributed by atoms with Crippen LogP contribution in [0.3, 0.4) is 0 Å². The summed E-state index contributed by atoms with van der Waals surface area (Å²) < 4.78 is 7.16. The van der Waals surface area contributed by atoms with Crippen LogP contribution in [-0.2, 0) is 25.6 Å². The van der Waals surface area contributed by atoms with Crippen LogP contribution < -0.4 is 4.74 Å². The van der Waals surface area contributed by atoms with Crippen molar-refractivity contribution in [1.82, 2.24) is 9.80 Å². The lowest BCUT2D eigenvalue weighted by Gasteiger charge is -2.26. The zero-order chi connectivity index (χ0) is 36.0. The van der Waals surface area contributed by atoms with Crippen molar-refractivity contribution in [3.05, 3.63) is 89.5 Å². The van der Waals surface area contributed by atoms with Gasteiger partial charge in [-0.2, -0.15) is 0 Å². The molecule has 4 aromatic rings. The predicted molar refractivity (Wildman–Crippen MR) is 188 cm³/mol. The van der Waals surface area contributed by atoms with E-state index in [9.17, 15) is 4.79 Å². The minimum atomic E-state index is -1.82. The summed E-state index contributed by atoms with van der Waals surface area (Å²) in [7, 11) is 0. The highest BCUT2D eigenvalue weighted by atomic mass is 32.1. The molecule has 50 heavy (non-hydrogen) atoms. The first-order valence-corrected chi connectivity index (χ1v) is 17.1. The Hall–Kier alpha value is -5.11. The first kappa shape index (κ1) is 37.7. The minimum Gasteiger partial charge on any atom is -0.478 e. The first-order chi connectivity index (χ1) is 24.0. The maximum atomic E-state index is 13.9. The molecule has 2 aliphatic rings. The van der Waals surface area contributed by atoms with Gasteiger partial charge in [-0.1, -0.05) is 48.9 Å². The second-order valence-electron chi connectivity index (χ2n) is 11.8. The number of fused-ring (bicyclic) bond motifs is 1. The smallest absolute Gasteiger partial charge is 0.414 e. The number of nitrogens with zero attached hydrogens (tertiary/aromatic N) is 2. The maximum Gasteiger partial charge on any atom is 0.414 e. The van der Waals surface area contributed by atoms with E-state index >= 15 is 0 Å². The van der Waals surface area contributed by atoms with Gasteiger partial charge in [-0.05, 0) is 86.7 Å². The molecule has 264 valence electrons. The fourth-order valence-corrected chi connectivity index (χ4v) is 6.90. The third-order valence-corrected chi connectivity index (χ3v) is 9.52. The summed E-state index contributed by atoms with van der Waals surface area (Å²) in [6.07, 6.45) is 7.54. The minimum absolute atomic E-state index is 0.0677. The van der Waals surface area contributed by atoms with Crippen molar-refractivity contribution in [1.29, 1.82) is 0 Å². The van der Waals surface area contributed by atoms with E-state index in [0.29, 0.717) is 12.3 Å². The number of carboxylic acids is 4. The molecule has 0 aliphatic carbocycles. The van der Waals surface area contributed by atoms with Gasteiger partial charge in [-0.3, -0.25) is 9.69 Å². The number of carbonyl (C=O) groups is 5. The van der Waals surface area contributed by atoms with Crippen molar-refractivity contribution < 1.29 is 49.1 Å². The molecule has 4 N–H and O–H groups in total. The number of benzene rings is 3. The quantitative estimate of drug-likeness (QED) is 0.126. The van der Waals surface area contributed by atoms with Gasteiger partial charge in [0.25, 0.3) is 0 Å². The largest absolute Gasteiger partial charge is 0.478 e. The van der Waals surface area contributed by atoms with Crippen molar-refractivity contribution in [2.24, 2.45) is 0 Å². The molecule has 0 unspecified atom stereocenters. The van der Waals surface area contributed by atoms with Gasteiger partial charge < -0.3 is 30.1 Å². The normalized spacial score (nSPS) is 14.5. The number of aliphatic carboxylic acids is 4. The average molecular weight is 705 g/mol. The van der Waals surface area contributed by atoms with Crippen molar-refractivity contribution in [2.75, 3.05) is 39.5 Å². The molecular formula is C37H40N2O10S. The lowest BCUT2D eigenvalue weighted by Crippen LogP contribution is -2.33. The fraction of sp³-hybridized carbons (Fsp3) is 0.324. The van der Waals surface area contributed by atoms with Gasteiger partial charge in [-0.25, -0.2) is 19.2 Å². The van der Waals surface area contributed by atoms with Crippen molar-refractivity contribution in [3.8, 4) is 16.2 Å². The standard InChI is InChI=1S/C33H36N2O2S.2C2H2O4/c36-32(26-14-16-28(17-15-26)37-24-35-21-4-1-5-22-35)31-29-8-2-3-9-30(29)38-33(31)27-12-10-25(11-13-27)18-23-34-19-6-7-20-34;2*3-1(4)2(5)6/h2-3,8-17H,1,4-7,18-24H2;2*(H,3,4)(H,5,6). The molecule has 2 fully saturated rings. The number of likely N-dealkylation sites (tertiary alicyclic amines) is 2. The topological polar surface area (TPSA) is 182 Å². The van der Waals surface area contributed by atoms with E-state index in [1.165, 1.54) is 50.8 Å². The van der Waals surface area contributed by atoms with Crippen LogP contribution in [0.5, 0.6) is 5.75 Å². The van der Waals surface area contributed by atoms with Crippen LogP contribution in [0.25, 0.3) is 20.5 Å². The van der Waals surface area contributed by atoms with Crippen LogP contribution in [0.1, 0.15) is 53.6 Å². The van der Waals surface area contributed by atoms with Crippen molar-refractivity contribution >= 4 is 51.1 Å². The lowest BCUT2D eigenvalue weighted by molar-refractivity contribution is -0.159. The van der Waals surface area contributed by atoms with E-state index in [1.54, 1.807) is 11.3 Å². The SMILES string of the molecule is O=C(O)C(=O)O.O=C(O)C(=O)O.O=C(c1ccc(OCN2CCCCC2)cc1)c1c(-c2ccc(CCN3CCCC3)cc2)sc2ccccc12. The molecule has 12 nitrogen and oxygen atoms in total. The van der Waals surface area contributed by atoms with Crippen LogP contribution in [0.2, 0.25) is 0 Å². The van der Waals surface area contributed by atoms with E-state index in [-0.39, 0.29) is 5.78 Å². The van der Waals surface area contributed by atoms with Gasteiger partial charge in [0, 0.05) is 45.7 Å². The number of hydrogen-bond acceptors (Lipinski definition) is 9. The van der Waals surface area contributed by atoms with Crippen molar-refractivity contribution in [3.63, 3.8) is 0 Å². The second kappa shape index (κ2) is 18.6. The molecule has 0 bridgehead atoms. The summed E-state index contributed by atoms with van der Waals surface area (Å²) in [6, 6.07) is 24.8. The number of hydrogen-bond donors (Lipinski definition) is 4. The third-order valence-electron chi connectivity index (χ3n) is 8.30. The zero-order valence-electron chi connectivity index (χ0n) is 27.5. The van der Waals surface area contributed by atoms with E-state index in [2.05, 4.69) is 46.2 Å². The molecule has 6 rings (SSSR count). The number of carboxylic acid groups (broad SMARTS) is 4. The van der Waals surface area contributed by atoms with E-state index in [0.717, 1.165) is 57.9 Å². The number of ether oxygens (including phenoxy) is 1. The Morgan fingerprint density at radius 3 is 1.76 bits per heavy atom. The number of ketones is 1. The molecule has 1 aromatic heterocycles. The Kier molecular flexibility index (Phi) is 14.0. The third kappa shape index (κ3) is 11.0. The molecule has 13 heteroatoms. The molecule has 0 saturated carbocycles. The van der Waals surface area contributed by atoms with E-state index in [4.69, 9.17) is 44.3 Å². The number of rotatable bonds is 9. The summed E-state index contributed by atoms with van der Waals surface area (Å²) in [5.74, 6) is -6.42. The Labute approximate surface area is 293 Å². The molecular weight excluding hydrogens is 664 g/mol. The average Bonchev–Trinajstić information content (AvgIpc) is 3.79. The molecule has 3 heterocycles. The Morgan fingerprint density at radius 1 is 0.640 bits per heavy atom. The number of piperidine rings is 1. The monoisotopic (exact) mass is 704 g/mol. The van der Waals surface area contributed by atoms with Gasteiger partial charge in [0.2, 0.25) is 0 Å². The molecule has 0 atom stereocenters. The van der Waals surface area contributed by atoms with Crippen molar-refractivity contribution in [2.45, 2.75) is 38.5 Å². The number of carbonyl (C=O) groups excluding carboxylic acids is 1. The van der Waals surface area contributed by atoms with Crippen LogP contribution >= 0.6 is 11.3 Å². The van der Waals surface area contributed by atoms with Crippen LogP contribution in [0, 0.1) is 0 Å². The Morgan fingerprint density at radius 2 is 1.18 bits per heavy atom. The highest BCUT2D eigenvalue weighted by Crippen LogP contribution is 2.40. The fourth-order valence-electron chi connectivity index (χ4n) is 5.69.